The Hall–Kier alpha value is -10.8. The van der Waals surface area contributed by atoms with Gasteiger partial charge in [-0.2, -0.15) is 0 Å². The molecule has 0 N–H and O–H groups in total. The van der Waals surface area contributed by atoms with E-state index in [1.165, 1.54) is 65.6 Å². The van der Waals surface area contributed by atoms with Crippen molar-refractivity contribution in [3.8, 4) is 44.9 Å². The number of benzene rings is 12. The topological polar surface area (TPSA) is 42.6 Å². The number of aryl methyl sites for hydroxylation is 2. The molecule has 388 valence electrons. The van der Waals surface area contributed by atoms with Gasteiger partial charge in [-0.25, -0.2) is 0 Å². The fourth-order valence-electron chi connectivity index (χ4n) is 12.6. The first kappa shape index (κ1) is 47.2. The van der Waals surface area contributed by atoms with E-state index in [1.807, 2.05) is 36.4 Å². The Morgan fingerprint density at radius 1 is 0.256 bits per heavy atom. The van der Waals surface area contributed by atoms with Crippen molar-refractivity contribution in [2.45, 2.75) is 0 Å². The zero-order valence-electron chi connectivity index (χ0n) is 45.2. The molecule has 16 rings (SSSR count). The maximum atomic E-state index is 6.30. The van der Waals surface area contributed by atoms with Crippen molar-refractivity contribution in [2.24, 2.45) is 14.1 Å². The van der Waals surface area contributed by atoms with Gasteiger partial charge in [-0.15, -0.1) is 0 Å². The predicted molar refractivity (Wildman–Crippen MR) is 343 cm³/mol. The quantitative estimate of drug-likeness (QED) is 0.137. The lowest BCUT2D eigenvalue weighted by atomic mass is 9.99. The molecular formula is C76H52N4O2. The molecule has 0 saturated heterocycles. The van der Waals surface area contributed by atoms with Crippen LogP contribution >= 0.6 is 0 Å². The van der Waals surface area contributed by atoms with Gasteiger partial charge in [0.2, 0.25) is 0 Å². The molecule has 0 aliphatic carbocycles. The molecule has 0 radical (unpaired) electrons. The Morgan fingerprint density at radius 3 is 0.951 bits per heavy atom. The molecule has 0 bridgehead atoms. The van der Waals surface area contributed by atoms with Crippen LogP contribution in [0.15, 0.2) is 288 Å². The van der Waals surface area contributed by atoms with E-state index in [2.05, 4.69) is 276 Å². The normalized spacial score (nSPS) is 11.8. The first-order valence-electron chi connectivity index (χ1n) is 27.9. The Balaban J connectivity index is 0.798. The number of furan rings is 2. The zero-order chi connectivity index (χ0) is 54.4. The van der Waals surface area contributed by atoms with Gasteiger partial charge in [0, 0.05) is 103 Å². The van der Waals surface area contributed by atoms with E-state index < -0.39 is 0 Å². The van der Waals surface area contributed by atoms with Crippen LogP contribution in [0.3, 0.4) is 0 Å². The number of hydrogen-bond acceptors (Lipinski definition) is 4. The molecule has 82 heavy (non-hydrogen) atoms. The van der Waals surface area contributed by atoms with Crippen molar-refractivity contribution < 1.29 is 8.83 Å². The summed E-state index contributed by atoms with van der Waals surface area (Å²) in [4.78, 5) is 4.72. The van der Waals surface area contributed by atoms with Crippen molar-refractivity contribution in [1.29, 1.82) is 0 Å². The minimum atomic E-state index is 0.854. The Morgan fingerprint density at radius 2 is 0.573 bits per heavy atom. The maximum Gasteiger partial charge on any atom is 0.135 e. The highest BCUT2D eigenvalue weighted by atomic mass is 16.3. The second kappa shape index (κ2) is 18.9. The van der Waals surface area contributed by atoms with Crippen LogP contribution in [0.4, 0.5) is 34.1 Å². The van der Waals surface area contributed by atoms with E-state index in [-0.39, 0.29) is 0 Å². The highest BCUT2D eigenvalue weighted by Gasteiger charge is 2.22. The van der Waals surface area contributed by atoms with Gasteiger partial charge in [0.25, 0.3) is 0 Å². The number of nitrogens with zero attached hydrogens (tertiary/aromatic N) is 4. The highest BCUT2D eigenvalue weighted by molar-refractivity contribution is 6.29. The fourth-order valence-corrected chi connectivity index (χ4v) is 12.6. The highest BCUT2D eigenvalue weighted by Crippen LogP contribution is 2.46. The smallest absolute Gasteiger partial charge is 0.135 e. The third-order valence-corrected chi connectivity index (χ3v) is 16.8. The summed E-state index contributed by atoms with van der Waals surface area (Å²) in [5.74, 6) is 1.71. The molecule has 4 aromatic heterocycles. The monoisotopic (exact) mass is 1050 g/mol. The minimum absolute atomic E-state index is 0.854. The summed E-state index contributed by atoms with van der Waals surface area (Å²) in [5, 5.41) is 9.60. The lowest BCUT2D eigenvalue weighted by Gasteiger charge is -2.26. The van der Waals surface area contributed by atoms with Crippen molar-refractivity contribution in [2.75, 3.05) is 9.80 Å². The molecule has 0 aliphatic rings. The van der Waals surface area contributed by atoms with E-state index in [0.29, 0.717) is 0 Å². The lowest BCUT2D eigenvalue weighted by Crippen LogP contribution is -2.10. The summed E-state index contributed by atoms with van der Waals surface area (Å²) in [6.07, 6.45) is 0. The summed E-state index contributed by atoms with van der Waals surface area (Å²) in [6, 6.07) is 100. The predicted octanol–water partition coefficient (Wildman–Crippen LogP) is 21.2. The number of hydrogen-bond donors (Lipinski definition) is 0. The van der Waals surface area contributed by atoms with Crippen LogP contribution in [-0.4, -0.2) is 9.13 Å². The van der Waals surface area contributed by atoms with E-state index in [0.717, 1.165) is 89.7 Å². The van der Waals surface area contributed by atoms with Crippen LogP contribution in [0.1, 0.15) is 0 Å². The Kier molecular flexibility index (Phi) is 10.9. The molecule has 0 spiro atoms. The summed E-state index contributed by atoms with van der Waals surface area (Å²) >= 11 is 0. The van der Waals surface area contributed by atoms with Gasteiger partial charge in [-0.3, -0.25) is 0 Å². The Bertz CT molecular complexity index is 4700. The van der Waals surface area contributed by atoms with Crippen LogP contribution in [0.5, 0.6) is 0 Å². The molecule has 0 saturated carbocycles. The van der Waals surface area contributed by atoms with E-state index >= 15 is 0 Å². The standard InChI is InChI=1S/C76H52N4O2/c1-77-67-43-41-64-63(75(67)65-39-37-61(47-69(65)77)79(57-29-21-51(22-30-57)49-13-5-3-6-14-49)59-33-25-53(26-34-59)73-45-55-17-9-11-19-71(55)81-73)42-44-68-76(64)66-40-38-62(48-70(66)78(68)2)80(58-31-23-52(24-32-58)50-15-7-4-8-16-50)60-35-27-54(28-36-60)74-46-56-18-10-12-20-72(56)82-74/h3-48H,1-2H3. The second-order valence-electron chi connectivity index (χ2n) is 21.4. The number of fused-ring (bicyclic) bond motifs is 11. The SMILES string of the molecule is Cn1c2cc(N(c3ccc(-c4ccccc4)cc3)c3ccc(-c4cc5ccccc5o4)cc3)ccc2c2c3ccc4c(c3ccc21)c1ccc(N(c2ccc(-c3ccccc3)cc2)c2ccc(-c3cc5ccccc5o3)cc2)cc1n4C. The van der Waals surface area contributed by atoms with Crippen LogP contribution in [0.25, 0.3) is 121 Å². The van der Waals surface area contributed by atoms with Gasteiger partial charge in [0.1, 0.15) is 22.7 Å². The molecule has 16 aromatic rings. The maximum absolute atomic E-state index is 6.30. The number of para-hydroxylation sites is 2. The van der Waals surface area contributed by atoms with Gasteiger partial charge in [0.15, 0.2) is 0 Å². The molecule has 12 aromatic carbocycles. The van der Waals surface area contributed by atoms with Gasteiger partial charge < -0.3 is 27.8 Å². The van der Waals surface area contributed by atoms with Crippen LogP contribution < -0.4 is 9.80 Å². The van der Waals surface area contributed by atoms with Gasteiger partial charge in [0.05, 0.1) is 11.0 Å². The van der Waals surface area contributed by atoms with Gasteiger partial charge in [-0.05, 0) is 166 Å². The molecule has 0 fully saturated rings. The Labute approximate surface area is 473 Å². The molecule has 6 nitrogen and oxygen atoms in total. The fraction of sp³-hybridized carbons (Fsp3) is 0.0263. The first-order valence-corrected chi connectivity index (χ1v) is 27.9. The van der Waals surface area contributed by atoms with E-state index in [1.54, 1.807) is 0 Å². The largest absolute Gasteiger partial charge is 0.456 e. The summed E-state index contributed by atoms with van der Waals surface area (Å²) in [5.41, 5.74) is 19.7. The third kappa shape index (κ3) is 7.79. The first-order chi connectivity index (χ1) is 40.5. The van der Waals surface area contributed by atoms with E-state index in [9.17, 15) is 0 Å². The van der Waals surface area contributed by atoms with Gasteiger partial charge in [-0.1, -0.05) is 146 Å². The number of rotatable bonds is 10. The number of anilines is 6. The van der Waals surface area contributed by atoms with Crippen molar-refractivity contribution in [1.82, 2.24) is 9.13 Å². The van der Waals surface area contributed by atoms with E-state index in [4.69, 9.17) is 8.83 Å². The molecule has 0 aliphatic heterocycles. The molecule has 0 atom stereocenters. The second-order valence-corrected chi connectivity index (χ2v) is 21.4. The number of aromatic nitrogens is 2. The molecule has 0 unspecified atom stereocenters. The summed E-state index contributed by atoms with van der Waals surface area (Å²) in [7, 11) is 4.40. The third-order valence-electron chi connectivity index (χ3n) is 16.8. The lowest BCUT2D eigenvalue weighted by molar-refractivity contribution is 0.631. The molecule has 0 amide bonds. The van der Waals surface area contributed by atoms with Crippen LogP contribution in [-0.2, 0) is 14.1 Å². The van der Waals surface area contributed by atoms with Crippen molar-refractivity contribution in [3.05, 3.63) is 279 Å². The van der Waals surface area contributed by atoms with Crippen molar-refractivity contribution in [3.63, 3.8) is 0 Å². The van der Waals surface area contributed by atoms with Gasteiger partial charge >= 0.3 is 0 Å². The summed E-state index contributed by atoms with van der Waals surface area (Å²) in [6.45, 7) is 0. The average Bonchev–Trinajstić information content (AvgIpc) is 3.91. The molecular weight excluding hydrogens is 1000 g/mol. The van der Waals surface area contributed by atoms with Crippen LogP contribution in [0, 0.1) is 0 Å². The summed E-state index contributed by atoms with van der Waals surface area (Å²) < 4.78 is 17.3. The average molecular weight is 1050 g/mol. The van der Waals surface area contributed by atoms with Crippen molar-refractivity contribution >= 4 is 110 Å². The molecule has 6 heteroatoms. The zero-order valence-corrected chi connectivity index (χ0v) is 45.2. The minimum Gasteiger partial charge on any atom is -0.456 e. The van der Waals surface area contributed by atoms with Crippen LogP contribution in [0.2, 0.25) is 0 Å². The molecule has 4 heterocycles.